The van der Waals surface area contributed by atoms with Crippen molar-refractivity contribution in [3.05, 3.63) is 52.5 Å². The quantitative estimate of drug-likeness (QED) is 0.867. The van der Waals surface area contributed by atoms with E-state index in [1.165, 1.54) is 0 Å². The van der Waals surface area contributed by atoms with Gasteiger partial charge in [0.25, 0.3) is 10.0 Å². The average molecular weight is 366 g/mol. The van der Waals surface area contributed by atoms with E-state index in [-0.39, 0.29) is 10.5 Å². The molecule has 0 unspecified atom stereocenters. The smallest absolute Gasteiger partial charge is 0.261 e. The van der Waals surface area contributed by atoms with Gasteiger partial charge >= 0.3 is 0 Å². The molecule has 4 nitrogen and oxygen atoms in total. The number of sulfonamides is 1. The lowest BCUT2D eigenvalue weighted by Gasteiger charge is -2.32. The second-order valence-corrected chi connectivity index (χ2v) is 8.81. The molecular formula is C18H20ClNO3S. The molecule has 128 valence electrons. The van der Waals surface area contributed by atoms with Crippen molar-refractivity contribution in [3.8, 4) is 5.75 Å². The fourth-order valence-electron chi connectivity index (χ4n) is 2.71. The van der Waals surface area contributed by atoms with Gasteiger partial charge in [-0.25, -0.2) is 8.42 Å². The third-order valence-electron chi connectivity index (χ3n) is 4.17. The minimum absolute atomic E-state index is 0.219. The lowest BCUT2D eigenvalue weighted by atomic mass is 9.94. The molecule has 2 aromatic rings. The van der Waals surface area contributed by atoms with E-state index >= 15 is 0 Å². The highest BCUT2D eigenvalue weighted by Gasteiger charge is 2.27. The normalized spacial score (nSPS) is 16.2. The van der Waals surface area contributed by atoms with Crippen LogP contribution in [0.4, 0.5) is 5.69 Å². The molecule has 1 heterocycles. The molecule has 1 aliphatic heterocycles. The summed E-state index contributed by atoms with van der Waals surface area (Å²) in [6, 6.07) is 10.1. The topological polar surface area (TPSA) is 55.4 Å². The van der Waals surface area contributed by atoms with Crippen LogP contribution in [0.25, 0.3) is 0 Å². The minimum atomic E-state index is -3.68. The van der Waals surface area contributed by atoms with Crippen molar-refractivity contribution in [1.82, 2.24) is 0 Å². The molecule has 0 bridgehead atoms. The second kappa shape index (κ2) is 5.97. The third kappa shape index (κ3) is 3.52. The Kier molecular flexibility index (Phi) is 4.26. The fourth-order valence-corrected chi connectivity index (χ4v) is 4.05. The Morgan fingerprint density at radius 1 is 1.17 bits per heavy atom. The monoisotopic (exact) mass is 365 g/mol. The van der Waals surface area contributed by atoms with E-state index in [0.29, 0.717) is 10.7 Å². The molecule has 0 aliphatic carbocycles. The summed E-state index contributed by atoms with van der Waals surface area (Å²) >= 11 is 5.96. The van der Waals surface area contributed by atoms with Crippen molar-refractivity contribution in [2.45, 2.75) is 44.1 Å². The van der Waals surface area contributed by atoms with E-state index in [4.69, 9.17) is 16.3 Å². The number of halogens is 1. The molecule has 1 aliphatic rings. The van der Waals surface area contributed by atoms with E-state index in [0.717, 1.165) is 29.7 Å². The Balaban J connectivity index is 1.92. The molecule has 0 aromatic heterocycles. The summed E-state index contributed by atoms with van der Waals surface area (Å²) in [5.41, 5.74) is 1.99. The number of hydrogen-bond donors (Lipinski definition) is 1. The molecule has 2 aromatic carbocycles. The van der Waals surface area contributed by atoms with Crippen LogP contribution in [0.5, 0.6) is 5.75 Å². The Morgan fingerprint density at radius 3 is 2.67 bits per heavy atom. The third-order valence-corrected chi connectivity index (χ3v) is 5.77. The SMILES string of the molecule is Cc1ccc(Cl)cc1NS(=O)(=O)c1ccc2c(c1)CCC(C)(C)O2. The van der Waals surface area contributed by atoms with Gasteiger partial charge in [-0.1, -0.05) is 17.7 Å². The lowest BCUT2D eigenvalue weighted by Crippen LogP contribution is -2.32. The maximum Gasteiger partial charge on any atom is 0.261 e. The Bertz CT molecular complexity index is 891. The summed E-state index contributed by atoms with van der Waals surface area (Å²) in [6.45, 7) is 5.89. The second-order valence-electron chi connectivity index (χ2n) is 6.70. The minimum Gasteiger partial charge on any atom is -0.488 e. The molecule has 0 spiro atoms. The van der Waals surface area contributed by atoms with Crippen LogP contribution in [0.1, 0.15) is 31.4 Å². The number of aryl methyl sites for hydroxylation is 2. The van der Waals surface area contributed by atoms with Gasteiger partial charge in [0.2, 0.25) is 0 Å². The molecule has 0 atom stereocenters. The zero-order valence-electron chi connectivity index (χ0n) is 13.9. The Morgan fingerprint density at radius 2 is 1.92 bits per heavy atom. The van der Waals surface area contributed by atoms with Crippen LogP contribution < -0.4 is 9.46 Å². The van der Waals surface area contributed by atoms with Gasteiger partial charge in [-0.15, -0.1) is 0 Å². The number of rotatable bonds is 3. The first-order valence-corrected chi connectivity index (χ1v) is 9.63. The molecule has 3 rings (SSSR count). The van der Waals surface area contributed by atoms with Gasteiger partial charge in [-0.05, 0) is 75.1 Å². The van der Waals surface area contributed by atoms with Crippen molar-refractivity contribution in [2.75, 3.05) is 4.72 Å². The zero-order valence-corrected chi connectivity index (χ0v) is 15.5. The average Bonchev–Trinajstić information content (AvgIpc) is 2.49. The highest BCUT2D eigenvalue weighted by atomic mass is 35.5. The lowest BCUT2D eigenvalue weighted by molar-refractivity contribution is 0.0845. The van der Waals surface area contributed by atoms with Crippen LogP contribution in [0.2, 0.25) is 5.02 Å². The van der Waals surface area contributed by atoms with Crippen molar-refractivity contribution in [2.24, 2.45) is 0 Å². The molecule has 24 heavy (non-hydrogen) atoms. The first-order chi connectivity index (χ1) is 11.2. The van der Waals surface area contributed by atoms with Crippen LogP contribution in [0.3, 0.4) is 0 Å². The summed E-state index contributed by atoms with van der Waals surface area (Å²) < 4.78 is 33.9. The summed E-state index contributed by atoms with van der Waals surface area (Å²) in [5, 5.41) is 0.486. The number of anilines is 1. The van der Waals surface area contributed by atoms with Gasteiger partial charge in [0, 0.05) is 5.02 Å². The van der Waals surface area contributed by atoms with E-state index in [9.17, 15) is 8.42 Å². The largest absolute Gasteiger partial charge is 0.488 e. The van der Waals surface area contributed by atoms with Gasteiger partial charge in [0.05, 0.1) is 10.6 Å². The molecule has 1 N–H and O–H groups in total. The predicted octanol–water partition coefficient (Wildman–Crippen LogP) is 4.55. The van der Waals surface area contributed by atoms with Gasteiger partial charge in [-0.2, -0.15) is 0 Å². The maximum absolute atomic E-state index is 12.7. The molecule has 0 saturated carbocycles. The van der Waals surface area contributed by atoms with E-state index in [2.05, 4.69) is 4.72 Å². The van der Waals surface area contributed by atoms with Gasteiger partial charge < -0.3 is 4.74 Å². The van der Waals surface area contributed by atoms with Crippen molar-refractivity contribution in [3.63, 3.8) is 0 Å². The van der Waals surface area contributed by atoms with E-state index in [1.54, 1.807) is 36.4 Å². The standard InChI is InChI=1S/C18H20ClNO3S/c1-12-4-5-14(19)11-16(12)20-24(21,22)15-6-7-17-13(10-15)8-9-18(2,3)23-17/h4-7,10-11,20H,8-9H2,1-3H3. The Labute approximate surface area is 147 Å². The molecule has 0 fully saturated rings. The summed E-state index contributed by atoms with van der Waals surface area (Å²) in [4.78, 5) is 0.226. The highest BCUT2D eigenvalue weighted by molar-refractivity contribution is 7.92. The molecular weight excluding hydrogens is 346 g/mol. The van der Waals surface area contributed by atoms with Gasteiger partial charge in [-0.3, -0.25) is 4.72 Å². The van der Waals surface area contributed by atoms with Crippen LogP contribution in [-0.2, 0) is 16.4 Å². The number of nitrogens with one attached hydrogen (secondary N) is 1. The van der Waals surface area contributed by atoms with E-state index < -0.39 is 10.0 Å². The van der Waals surface area contributed by atoms with Crippen LogP contribution in [0.15, 0.2) is 41.3 Å². The van der Waals surface area contributed by atoms with Gasteiger partial charge in [0.15, 0.2) is 0 Å². The van der Waals surface area contributed by atoms with Crippen LogP contribution >= 0.6 is 11.6 Å². The van der Waals surface area contributed by atoms with E-state index in [1.807, 2.05) is 20.8 Å². The number of fused-ring (bicyclic) bond motifs is 1. The van der Waals surface area contributed by atoms with Crippen molar-refractivity contribution >= 4 is 27.3 Å². The number of ether oxygens (including phenoxy) is 1. The van der Waals surface area contributed by atoms with Crippen molar-refractivity contribution in [1.29, 1.82) is 0 Å². The predicted molar refractivity (Wildman–Crippen MR) is 96.5 cm³/mol. The summed E-state index contributed by atoms with van der Waals surface area (Å²) in [6.07, 6.45) is 1.65. The molecule has 0 amide bonds. The van der Waals surface area contributed by atoms with Crippen molar-refractivity contribution < 1.29 is 13.2 Å². The van der Waals surface area contributed by atoms with Crippen LogP contribution in [0, 0.1) is 6.92 Å². The highest BCUT2D eigenvalue weighted by Crippen LogP contribution is 2.34. The number of hydrogen-bond acceptors (Lipinski definition) is 3. The maximum atomic E-state index is 12.7. The first kappa shape index (κ1) is 17.1. The molecule has 6 heteroatoms. The van der Waals surface area contributed by atoms with Crippen LogP contribution in [-0.4, -0.2) is 14.0 Å². The van der Waals surface area contributed by atoms with Gasteiger partial charge in [0.1, 0.15) is 11.4 Å². The molecule has 0 saturated heterocycles. The zero-order chi connectivity index (χ0) is 17.5. The fraction of sp³-hybridized carbons (Fsp3) is 0.333. The molecule has 0 radical (unpaired) electrons. The summed E-state index contributed by atoms with van der Waals surface area (Å²) in [5.74, 6) is 0.754. The number of benzene rings is 2. The first-order valence-electron chi connectivity index (χ1n) is 7.77. The Hall–Kier alpha value is -1.72. The summed E-state index contributed by atoms with van der Waals surface area (Å²) in [7, 11) is -3.68.